The van der Waals surface area contributed by atoms with Crippen molar-refractivity contribution >= 4 is 22.8 Å². The number of nitrogens with zero attached hydrogens (tertiary/aromatic N) is 1. The first-order valence-corrected chi connectivity index (χ1v) is 10.6. The molecule has 0 unspecified atom stereocenters. The summed E-state index contributed by atoms with van der Waals surface area (Å²) in [5.41, 5.74) is 4.44. The Morgan fingerprint density at radius 3 is 2.31 bits per heavy atom. The van der Waals surface area contributed by atoms with Crippen molar-refractivity contribution in [2.45, 2.75) is 11.3 Å². The largest absolute Gasteiger partial charge is 0.479 e. The number of hydrogen-bond donors (Lipinski definition) is 2. The van der Waals surface area contributed by atoms with Crippen LogP contribution in [0.3, 0.4) is 0 Å². The molecule has 4 rings (SSSR count). The van der Waals surface area contributed by atoms with Crippen LogP contribution in [0.1, 0.15) is 6.42 Å². The highest BCUT2D eigenvalue weighted by Gasteiger charge is 2.12. The van der Waals surface area contributed by atoms with Gasteiger partial charge in [0.2, 0.25) is 0 Å². The van der Waals surface area contributed by atoms with Crippen molar-refractivity contribution in [3.05, 3.63) is 66.5 Å². The van der Waals surface area contributed by atoms with Crippen LogP contribution in [0, 0.1) is 5.82 Å². The molecular formula is C23H21FN2O2S. The maximum Gasteiger partial charge on any atom is 0.193 e. The van der Waals surface area contributed by atoms with Gasteiger partial charge >= 0.3 is 0 Å². The topological polar surface area (TPSA) is 58.1 Å². The predicted molar refractivity (Wildman–Crippen MR) is 116 cm³/mol. The molecule has 0 fully saturated rings. The van der Waals surface area contributed by atoms with E-state index in [1.807, 2.05) is 24.3 Å². The van der Waals surface area contributed by atoms with Gasteiger partial charge in [-0.15, -0.1) is 11.8 Å². The second-order valence-electron chi connectivity index (χ2n) is 6.62. The Labute approximate surface area is 172 Å². The quantitative estimate of drug-likeness (QED) is 0.312. The van der Waals surface area contributed by atoms with Crippen molar-refractivity contribution in [3.63, 3.8) is 0 Å². The minimum absolute atomic E-state index is 0.0644. The minimum atomic E-state index is -0.390. The fraction of sp³-hybridized carbons (Fsp3) is 0.174. The average Bonchev–Trinajstić information content (AvgIpc) is 3.15. The van der Waals surface area contributed by atoms with Gasteiger partial charge in [-0.25, -0.2) is 9.37 Å². The highest BCUT2D eigenvalue weighted by Crippen LogP contribution is 2.29. The van der Waals surface area contributed by atoms with Gasteiger partial charge < -0.3 is 14.8 Å². The molecule has 0 bridgehead atoms. The number of rotatable bonds is 7. The Hall–Kier alpha value is -2.83. The summed E-state index contributed by atoms with van der Waals surface area (Å²) in [5, 5.41) is 8.85. The zero-order valence-corrected chi connectivity index (χ0v) is 16.8. The molecule has 6 heteroatoms. The summed E-state index contributed by atoms with van der Waals surface area (Å²) in [7, 11) is 0. The van der Waals surface area contributed by atoms with Crippen LogP contribution in [-0.2, 0) is 0 Å². The van der Waals surface area contributed by atoms with Gasteiger partial charge in [-0.1, -0.05) is 36.4 Å². The van der Waals surface area contributed by atoms with Gasteiger partial charge in [-0.2, -0.15) is 0 Å². The highest BCUT2D eigenvalue weighted by molar-refractivity contribution is 7.98. The molecule has 0 aliphatic carbocycles. The van der Waals surface area contributed by atoms with Crippen LogP contribution in [0.25, 0.3) is 33.4 Å². The molecule has 0 atom stereocenters. The van der Waals surface area contributed by atoms with Crippen molar-refractivity contribution in [1.82, 2.24) is 9.97 Å². The smallest absolute Gasteiger partial charge is 0.193 e. The molecule has 29 heavy (non-hydrogen) atoms. The summed E-state index contributed by atoms with van der Waals surface area (Å²) < 4.78 is 20.2. The molecule has 0 saturated carbocycles. The van der Waals surface area contributed by atoms with Gasteiger partial charge in [0.1, 0.15) is 5.69 Å². The van der Waals surface area contributed by atoms with Crippen molar-refractivity contribution in [2.75, 3.05) is 19.5 Å². The van der Waals surface area contributed by atoms with E-state index in [4.69, 9.17) is 9.84 Å². The van der Waals surface area contributed by atoms with Crippen LogP contribution >= 0.6 is 11.8 Å². The first-order valence-electron chi connectivity index (χ1n) is 9.36. The van der Waals surface area contributed by atoms with Gasteiger partial charge in [0.25, 0.3) is 0 Å². The van der Waals surface area contributed by atoms with Crippen LogP contribution in [0.15, 0.2) is 65.6 Å². The zero-order valence-electron chi connectivity index (χ0n) is 16.0. The van der Waals surface area contributed by atoms with E-state index in [0.29, 0.717) is 35.6 Å². The van der Waals surface area contributed by atoms with Gasteiger partial charge in [-0.05, 0) is 29.5 Å². The van der Waals surface area contributed by atoms with E-state index in [1.54, 1.807) is 17.8 Å². The lowest BCUT2D eigenvalue weighted by atomic mass is 10.0. The highest BCUT2D eigenvalue weighted by atomic mass is 32.2. The molecule has 4 aromatic rings. The predicted octanol–water partition coefficient (Wildman–Crippen LogP) is 5.52. The lowest BCUT2D eigenvalue weighted by molar-refractivity contribution is 0.230. The number of benzene rings is 2. The summed E-state index contributed by atoms with van der Waals surface area (Å²) in [6.45, 7) is 0.451. The summed E-state index contributed by atoms with van der Waals surface area (Å²) in [5.74, 6) is 0.125. The number of nitrogens with one attached hydrogen (secondary N) is 1. The van der Waals surface area contributed by atoms with Crippen LogP contribution in [0.5, 0.6) is 5.88 Å². The molecule has 4 nitrogen and oxygen atoms in total. The maximum absolute atomic E-state index is 14.7. The third-order valence-corrected chi connectivity index (χ3v) is 5.42. The van der Waals surface area contributed by atoms with Crippen molar-refractivity contribution in [3.8, 4) is 28.3 Å². The first-order chi connectivity index (χ1) is 14.2. The van der Waals surface area contributed by atoms with E-state index >= 15 is 0 Å². The molecule has 0 aliphatic rings. The monoisotopic (exact) mass is 408 g/mol. The van der Waals surface area contributed by atoms with Crippen LogP contribution in [-0.4, -0.2) is 34.5 Å². The normalized spacial score (nSPS) is 11.1. The molecule has 2 N–H and O–H groups in total. The standard InChI is InChI=1S/C23H21FN2O2S/c1-29-18-9-7-16(8-10-18)15-3-5-17(6-4-15)23-19(24)13-20-21(26-23)14-22(25-20)28-12-2-11-27/h3-10,13-14,25,27H,2,11-12H2,1H3. The summed E-state index contributed by atoms with van der Waals surface area (Å²) in [6.07, 6.45) is 2.59. The molecule has 0 amide bonds. The van der Waals surface area contributed by atoms with Crippen molar-refractivity contribution in [1.29, 1.82) is 0 Å². The molecule has 2 aromatic carbocycles. The van der Waals surface area contributed by atoms with Crippen LogP contribution in [0.2, 0.25) is 0 Å². The third kappa shape index (κ3) is 4.28. The summed E-state index contributed by atoms with van der Waals surface area (Å²) >= 11 is 1.71. The van der Waals surface area contributed by atoms with Gasteiger partial charge in [0.05, 0.1) is 17.6 Å². The molecule has 0 spiro atoms. The fourth-order valence-electron chi connectivity index (χ4n) is 3.14. The first kappa shape index (κ1) is 19.5. The molecule has 0 radical (unpaired) electrons. The van der Waals surface area contributed by atoms with Gasteiger partial charge in [-0.3, -0.25) is 0 Å². The Balaban J connectivity index is 1.60. The lowest BCUT2D eigenvalue weighted by Crippen LogP contribution is -1.99. The second kappa shape index (κ2) is 8.68. The molecule has 2 heterocycles. The number of hydrogen-bond acceptors (Lipinski definition) is 4. The van der Waals surface area contributed by atoms with Crippen LogP contribution < -0.4 is 4.74 Å². The Morgan fingerprint density at radius 2 is 1.66 bits per heavy atom. The van der Waals surface area contributed by atoms with Gasteiger partial charge in [0, 0.05) is 35.6 Å². The number of pyridine rings is 1. The minimum Gasteiger partial charge on any atom is -0.479 e. The second-order valence-corrected chi connectivity index (χ2v) is 7.50. The number of halogens is 1. The maximum atomic E-state index is 14.7. The Morgan fingerprint density at radius 1 is 1.00 bits per heavy atom. The van der Waals surface area contributed by atoms with Gasteiger partial charge in [0.15, 0.2) is 11.7 Å². The van der Waals surface area contributed by atoms with Crippen LogP contribution in [0.4, 0.5) is 4.39 Å². The average molecular weight is 408 g/mol. The molecule has 2 aromatic heterocycles. The number of fused-ring (bicyclic) bond motifs is 1. The van der Waals surface area contributed by atoms with E-state index in [1.165, 1.54) is 11.0 Å². The third-order valence-electron chi connectivity index (χ3n) is 4.67. The fourth-order valence-corrected chi connectivity index (χ4v) is 3.55. The Kier molecular flexibility index (Phi) is 5.83. The molecular weight excluding hydrogens is 387 g/mol. The number of thioether (sulfide) groups is 1. The van der Waals surface area contributed by atoms with Crippen molar-refractivity contribution in [2.24, 2.45) is 0 Å². The van der Waals surface area contributed by atoms with E-state index < -0.39 is 5.82 Å². The molecule has 148 valence electrons. The van der Waals surface area contributed by atoms with E-state index in [9.17, 15) is 4.39 Å². The zero-order chi connectivity index (χ0) is 20.2. The lowest BCUT2D eigenvalue weighted by Gasteiger charge is -2.06. The Bertz CT molecular complexity index is 1110. The number of aliphatic hydroxyl groups is 1. The number of aliphatic hydroxyl groups excluding tert-OH is 1. The van der Waals surface area contributed by atoms with E-state index in [2.05, 4.69) is 40.5 Å². The summed E-state index contributed by atoms with van der Waals surface area (Å²) in [4.78, 5) is 8.71. The number of ether oxygens (including phenoxy) is 1. The number of aromatic amines is 1. The molecule has 0 saturated heterocycles. The number of aromatic nitrogens is 2. The SMILES string of the molecule is CSc1ccc(-c2ccc(-c3nc4cc(OCCCO)[nH]c4cc3F)cc2)cc1. The number of H-pyrrole nitrogens is 1. The van der Waals surface area contributed by atoms with E-state index in [-0.39, 0.29) is 6.61 Å². The molecule has 0 aliphatic heterocycles. The summed E-state index contributed by atoms with van der Waals surface area (Å²) in [6, 6.07) is 19.3. The van der Waals surface area contributed by atoms with E-state index in [0.717, 1.165) is 16.7 Å². The van der Waals surface area contributed by atoms with Crippen molar-refractivity contribution < 1.29 is 14.2 Å².